The summed E-state index contributed by atoms with van der Waals surface area (Å²) in [6.07, 6.45) is 3.84. The summed E-state index contributed by atoms with van der Waals surface area (Å²) in [7, 11) is 0. The molecule has 1 aliphatic rings. The van der Waals surface area contributed by atoms with Crippen molar-refractivity contribution in [2.24, 2.45) is 0 Å². The number of benzene rings is 2. The molecule has 0 saturated carbocycles. The van der Waals surface area contributed by atoms with Gasteiger partial charge in [0.25, 0.3) is 5.91 Å². The van der Waals surface area contributed by atoms with Crippen molar-refractivity contribution in [2.75, 3.05) is 23.3 Å². The molecule has 0 radical (unpaired) electrons. The first kappa shape index (κ1) is 15.6. The van der Waals surface area contributed by atoms with Crippen molar-refractivity contribution in [3.05, 3.63) is 59.2 Å². The highest BCUT2D eigenvalue weighted by molar-refractivity contribution is 6.04. The summed E-state index contributed by atoms with van der Waals surface area (Å²) in [5.74, 6) is -0.0570. The summed E-state index contributed by atoms with van der Waals surface area (Å²) in [5, 5.41) is 2.97. The van der Waals surface area contributed by atoms with E-state index in [-0.39, 0.29) is 5.91 Å². The molecule has 1 N–H and O–H groups in total. The van der Waals surface area contributed by atoms with Crippen LogP contribution in [0.3, 0.4) is 0 Å². The molecule has 0 unspecified atom stereocenters. The van der Waals surface area contributed by atoms with E-state index >= 15 is 0 Å². The predicted octanol–water partition coefficient (Wildman–Crippen LogP) is 4.55. The van der Waals surface area contributed by atoms with Crippen molar-refractivity contribution in [1.82, 2.24) is 0 Å². The van der Waals surface area contributed by atoms with Crippen molar-refractivity contribution in [1.29, 1.82) is 0 Å². The quantitative estimate of drug-likeness (QED) is 0.902. The fraction of sp³-hybridized carbons (Fsp3) is 0.350. The number of aryl methyl sites for hydroxylation is 2. The van der Waals surface area contributed by atoms with E-state index in [1.807, 2.05) is 30.3 Å². The molecule has 3 nitrogen and oxygen atoms in total. The Morgan fingerprint density at radius 2 is 1.61 bits per heavy atom. The van der Waals surface area contributed by atoms with Gasteiger partial charge in [0, 0.05) is 30.0 Å². The second-order valence-electron chi connectivity index (χ2n) is 6.35. The van der Waals surface area contributed by atoms with Gasteiger partial charge < -0.3 is 10.2 Å². The van der Waals surface area contributed by atoms with Gasteiger partial charge in [-0.3, -0.25) is 4.79 Å². The molecule has 3 heteroatoms. The molecular formula is C20H24N2O. The molecular weight excluding hydrogens is 284 g/mol. The molecule has 1 fully saturated rings. The van der Waals surface area contributed by atoms with Crippen LogP contribution < -0.4 is 10.2 Å². The van der Waals surface area contributed by atoms with Gasteiger partial charge in [-0.25, -0.2) is 0 Å². The summed E-state index contributed by atoms with van der Waals surface area (Å²) >= 11 is 0. The lowest BCUT2D eigenvalue weighted by atomic mass is 10.1. The number of anilines is 2. The zero-order chi connectivity index (χ0) is 16.2. The van der Waals surface area contributed by atoms with Gasteiger partial charge in [-0.1, -0.05) is 6.07 Å². The molecule has 1 saturated heterocycles. The van der Waals surface area contributed by atoms with Crippen LogP contribution in [0.4, 0.5) is 11.4 Å². The average Bonchev–Trinajstić information content (AvgIpc) is 2.59. The van der Waals surface area contributed by atoms with Crippen molar-refractivity contribution in [3.63, 3.8) is 0 Å². The zero-order valence-corrected chi connectivity index (χ0v) is 13.9. The first-order chi connectivity index (χ1) is 11.1. The molecule has 2 aromatic rings. The van der Waals surface area contributed by atoms with E-state index in [1.165, 1.54) is 36.1 Å². The van der Waals surface area contributed by atoms with Crippen LogP contribution in [0, 0.1) is 13.8 Å². The number of nitrogens with one attached hydrogen (secondary N) is 1. The summed E-state index contributed by atoms with van der Waals surface area (Å²) in [5.41, 5.74) is 5.17. The second kappa shape index (κ2) is 6.86. The number of hydrogen-bond donors (Lipinski definition) is 1. The summed E-state index contributed by atoms with van der Waals surface area (Å²) in [6, 6.07) is 13.9. The van der Waals surface area contributed by atoms with E-state index in [1.54, 1.807) is 0 Å². The lowest BCUT2D eigenvalue weighted by Gasteiger charge is -2.28. The van der Waals surface area contributed by atoms with E-state index in [9.17, 15) is 4.79 Å². The summed E-state index contributed by atoms with van der Waals surface area (Å²) in [4.78, 5) is 14.8. The van der Waals surface area contributed by atoms with Crippen molar-refractivity contribution in [3.8, 4) is 0 Å². The highest BCUT2D eigenvalue weighted by Gasteiger charge is 2.12. The molecule has 1 heterocycles. The Bertz CT molecular complexity index is 685. The lowest BCUT2D eigenvalue weighted by Crippen LogP contribution is -2.29. The van der Waals surface area contributed by atoms with Gasteiger partial charge in [0.05, 0.1) is 0 Å². The average molecular weight is 308 g/mol. The molecule has 3 rings (SSSR count). The molecule has 0 spiro atoms. The van der Waals surface area contributed by atoms with Gasteiger partial charge in [-0.2, -0.15) is 0 Å². The molecule has 0 atom stereocenters. The van der Waals surface area contributed by atoms with Crippen molar-refractivity contribution < 1.29 is 4.79 Å². The molecule has 0 aromatic heterocycles. The van der Waals surface area contributed by atoms with Gasteiger partial charge in [-0.05, 0) is 80.6 Å². The van der Waals surface area contributed by atoms with Gasteiger partial charge in [0.1, 0.15) is 0 Å². The number of rotatable bonds is 3. The Labute approximate surface area is 138 Å². The molecule has 0 bridgehead atoms. The summed E-state index contributed by atoms with van der Waals surface area (Å²) in [6.45, 7) is 6.36. The van der Waals surface area contributed by atoms with Gasteiger partial charge in [0.15, 0.2) is 0 Å². The topological polar surface area (TPSA) is 32.3 Å². The Kier molecular flexibility index (Phi) is 4.65. The van der Waals surface area contributed by atoms with Crippen LogP contribution in [0.2, 0.25) is 0 Å². The molecule has 0 aliphatic carbocycles. The zero-order valence-electron chi connectivity index (χ0n) is 13.9. The van der Waals surface area contributed by atoms with Crippen LogP contribution in [0.25, 0.3) is 0 Å². The number of hydrogen-bond acceptors (Lipinski definition) is 2. The SMILES string of the molecule is Cc1ccc(NC(=O)c2ccc(N3CCCCC3)cc2)cc1C. The normalized spacial score (nSPS) is 14.6. The highest BCUT2D eigenvalue weighted by atomic mass is 16.1. The maximum atomic E-state index is 12.4. The second-order valence-corrected chi connectivity index (χ2v) is 6.35. The number of piperidine rings is 1. The van der Waals surface area contributed by atoms with Crippen LogP contribution in [-0.2, 0) is 0 Å². The molecule has 2 aromatic carbocycles. The van der Waals surface area contributed by atoms with Crippen LogP contribution >= 0.6 is 0 Å². The Balaban J connectivity index is 1.68. The fourth-order valence-corrected chi connectivity index (χ4v) is 3.00. The first-order valence-electron chi connectivity index (χ1n) is 8.37. The van der Waals surface area contributed by atoms with E-state index in [0.29, 0.717) is 5.56 Å². The Morgan fingerprint density at radius 1 is 0.913 bits per heavy atom. The minimum atomic E-state index is -0.0570. The van der Waals surface area contributed by atoms with Gasteiger partial charge in [0.2, 0.25) is 0 Å². The minimum absolute atomic E-state index is 0.0570. The third-order valence-corrected chi connectivity index (χ3v) is 4.62. The monoisotopic (exact) mass is 308 g/mol. The number of amides is 1. The van der Waals surface area contributed by atoms with E-state index in [0.717, 1.165) is 18.8 Å². The molecule has 23 heavy (non-hydrogen) atoms. The van der Waals surface area contributed by atoms with E-state index < -0.39 is 0 Å². The molecule has 1 aliphatic heterocycles. The van der Waals surface area contributed by atoms with Gasteiger partial charge >= 0.3 is 0 Å². The Hall–Kier alpha value is -2.29. The maximum Gasteiger partial charge on any atom is 0.255 e. The summed E-state index contributed by atoms with van der Waals surface area (Å²) < 4.78 is 0. The maximum absolute atomic E-state index is 12.4. The van der Waals surface area contributed by atoms with Gasteiger partial charge in [-0.15, -0.1) is 0 Å². The van der Waals surface area contributed by atoms with Crippen LogP contribution in [0.1, 0.15) is 40.7 Å². The van der Waals surface area contributed by atoms with Crippen molar-refractivity contribution >= 4 is 17.3 Å². The third kappa shape index (κ3) is 3.73. The lowest BCUT2D eigenvalue weighted by molar-refractivity contribution is 0.102. The standard InChI is InChI=1S/C20H24N2O/c1-15-6-9-18(14-16(15)2)21-20(23)17-7-10-19(11-8-17)22-12-4-3-5-13-22/h6-11,14H,3-5,12-13H2,1-2H3,(H,21,23). The third-order valence-electron chi connectivity index (χ3n) is 4.62. The van der Waals surface area contributed by atoms with E-state index in [2.05, 4.69) is 36.2 Å². The number of carbonyl (C=O) groups is 1. The highest BCUT2D eigenvalue weighted by Crippen LogP contribution is 2.21. The smallest absolute Gasteiger partial charge is 0.255 e. The molecule has 120 valence electrons. The first-order valence-corrected chi connectivity index (χ1v) is 8.37. The largest absolute Gasteiger partial charge is 0.372 e. The van der Waals surface area contributed by atoms with Crippen LogP contribution in [0.15, 0.2) is 42.5 Å². The van der Waals surface area contributed by atoms with Crippen molar-refractivity contribution in [2.45, 2.75) is 33.1 Å². The number of nitrogens with zero attached hydrogens (tertiary/aromatic N) is 1. The Morgan fingerprint density at radius 3 is 2.26 bits per heavy atom. The van der Waals surface area contributed by atoms with Crippen LogP contribution in [0.5, 0.6) is 0 Å². The van der Waals surface area contributed by atoms with Crippen LogP contribution in [-0.4, -0.2) is 19.0 Å². The fourth-order valence-electron chi connectivity index (χ4n) is 3.00. The minimum Gasteiger partial charge on any atom is -0.372 e. The molecule has 1 amide bonds. The number of carbonyl (C=O) groups excluding carboxylic acids is 1. The van der Waals surface area contributed by atoms with E-state index in [4.69, 9.17) is 0 Å². The predicted molar refractivity (Wildman–Crippen MR) is 96.4 cm³/mol.